The Hall–Kier alpha value is -3.65. The van der Waals surface area contributed by atoms with Gasteiger partial charge in [0.05, 0.1) is 39.7 Å². The Morgan fingerprint density at radius 3 is 2.73 bits per heavy atom. The summed E-state index contributed by atoms with van der Waals surface area (Å²) in [6, 6.07) is 11.9. The second-order valence-corrected chi connectivity index (χ2v) is 9.52. The molecule has 0 unspecified atom stereocenters. The largest absolute Gasteiger partial charge is 0.489 e. The van der Waals surface area contributed by atoms with Crippen LogP contribution in [0.1, 0.15) is 34.5 Å². The minimum atomic E-state index is -1.62. The monoisotopic (exact) mass is 492 g/mol. The number of hydrogen-bond acceptors (Lipinski definition) is 5. The maximum Gasteiger partial charge on any atom is 0.255 e. The molecular weight excluding hydrogens is 469 g/mol. The molecule has 6 rings (SSSR count). The van der Waals surface area contributed by atoms with E-state index >= 15 is 4.39 Å². The van der Waals surface area contributed by atoms with E-state index in [-0.39, 0.29) is 18.1 Å². The van der Waals surface area contributed by atoms with Crippen molar-refractivity contribution >= 4 is 32.5 Å². The molecule has 0 N–H and O–H groups in total. The highest BCUT2D eigenvalue weighted by Gasteiger charge is 2.43. The number of hydrogen-bond donors (Lipinski definition) is 0. The summed E-state index contributed by atoms with van der Waals surface area (Å²) in [4.78, 5) is 18.3. The van der Waals surface area contributed by atoms with Crippen LogP contribution in [0.2, 0.25) is 0 Å². The Balaban J connectivity index is 1.25. The fourth-order valence-corrected chi connectivity index (χ4v) is 4.72. The van der Waals surface area contributed by atoms with Crippen LogP contribution < -0.4 is 4.74 Å². The molecule has 1 aliphatic carbocycles. The molecule has 2 aliphatic rings. The van der Waals surface area contributed by atoms with E-state index in [0.717, 1.165) is 23.8 Å². The minimum absolute atomic E-state index is 0.0910. The van der Waals surface area contributed by atoms with Crippen molar-refractivity contribution in [3.05, 3.63) is 77.5 Å². The van der Waals surface area contributed by atoms with E-state index in [9.17, 15) is 4.79 Å². The number of fused-ring (bicyclic) bond motifs is 2. The molecule has 0 saturated heterocycles. The van der Waals surface area contributed by atoms with Crippen LogP contribution in [-0.2, 0) is 23.7 Å². The number of aromatic nitrogens is 3. The summed E-state index contributed by atoms with van der Waals surface area (Å²) >= 11 is 0. The molecule has 1 saturated carbocycles. The van der Waals surface area contributed by atoms with E-state index in [1.165, 1.54) is 17.2 Å². The predicted molar refractivity (Wildman–Crippen MR) is 138 cm³/mol. The number of amides is 1. The lowest BCUT2D eigenvalue weighted by atomic mass is 9.59. The first-order valence-electron chi connectivity index (χ1n) is 12.2. The van der Waals surface area contributed by atoms with Crippen molar-refractivity contribution in [2.45, 2.75) is 30.8 Å². The van der Waals surface area contributed by atoms with Crippen LogP contribution in [0.5, 0.6) is 5.75 Å². The Labute approximate surface area is 216 Å². The Bertz CT molecular complexity index is 1520. The Morgan fingerprint density at radius 1 is 1.14 bits per heavy atom. The van der Waals surface area contributed by atoms with Crippen LogP contribution in [0.3, 0.4) is 0 Å². The van der Waals surface area contributed by atoms with Crippen molar-refractivity contribution in [2.24, 2.45) is 7.05 Å². The van der Waals surface area contributed by atoms with Gasteiger partial charge in [-0.3, -0.25) is 14.5 Å². The van der Waals surface area contributed by atoms with Gasteiger partial charge in [-0.1, -0.05) is 12.1 Å². The summed E-state index contributed by atoms with van der Waals surface area (Å²) in [7, 11) is 14.3. The van der Waals surface area contributed by atoms with Gasteiger partial charge in [0.15, 0.2) is 0 Å². The number of nitrogens with zero attached hydrogens (tertiary/aromatic N) is 4. The third kappa shape index (κ3) is 4.29. The molecule has 1 amide bonds. The summed E-state index contributed by atoms with van der Waals surface area (Å²) in [5, 5.41) is 3.77. The molecule has 0 spiro atoms. The molecule has 2 aromatic heterocycles. The third-order valence-corrected chi connectivity index (χ3v) is 6.77. The predicted octanol–water partition coefficient (Wildman–Crippen LogP) is 3.44. The Morgan fingerprint density at radius 2 is 1.97 bits per heavy atom. The van der Waals surface area contributed by atoms with Crippen LogP contribution >= 0.6 is 0 Å². The standard InChI is InChI=1S/C27H23B2FN4O3/c1-33-15-21-19(8-9-23(24(21)32-33)37-12-11-36-18-6-7-18)16-4-5-17(22(30)13-16)14-34-26(35)20-3-2-10-31-25(20)27(34,28)29/h2-5,8-10,13,15,18H,6-7,11-12,14H2,1H3. The SMILES string of the molecule is [B]C1([B])c2ncccc2C(=O)N1Cc1ccc(-c2ccc(OCCOC3CC3)c3nn(C)cc23)cc1F. The van der Waals surface area contributed by atoms with E-state index in [2.05, 4.69) is 10.1 Å². The first kappa shape index (κ1) is 23.7. The molecular formula is C27H23B2FN4O3. The number of carbonyl (C=O) groups is 1. The molecule has 4 radical (unpaired) electrons. The third-order valence-electron chi connectivity index (χ3n) is 6.77. The number of aryl methyl sites for hydroxylation is 1. The van der Waals surface area contributed by atoms with Crippen molar-refractivity contribution in [3.8, 4) is 16.9 Å². The first-order valence-corrected chi connectivity index (χ1v) is 12.2. The van der Waals surface area contributed by atoms with Crippen LogP contribution in [0.25, 0.3) is 22.0 Å². The molecule has 7 nitrogen and oxygen atoms in total. The number of carbonyl (C=O) groups excluding carboxylic acids is 1. The van der Waals surface area contributed by atoms with Crippen molar-refractivity contribution in [1.29, 1.82) is 0 Å². The van der Waals surface area contributed by atoms with Gasteiger partial charge in [0.2, 0.25) is 0 Å². The van der Waals surface area contributed by atoms with Gasteiger partial charge in [0.25, 0.3) is 5.91 Å². The average molecular weight is 492 g/mol. The maximum atomic E-state index is 15.4. The topological polar surface area (TPSA) is 69.5 Å². The number of halogens is 1. The molecule has 3 heterocycles. The van der Waals surface area contributed by atoms with Gasteiger partial charge >= 0.3 is 0 Å². The summed E-state index contributed by atoms with van der Waals surface area (Å²) in [6.07, 6.45) is 6.02. The molecule has 10 heteroatoms. The quantitative estimate of drug-likeness (QED) is 0.279. The lowest BCUT2D eigenvalue weighted by Gasteiger charge is -2.33. The Kier molecular flexibility index (Phi) is 5.79. The van der Waals surface area contributed by atoms with Gasteiger partial charge in [-0.2, -0.15) is 5.10 Å². The van der Waals surface area contributed by atoms with Crippen molar-refractivity contribution < 1.29 is 18.7 Å². The maximum absolute atomic E-state index is 15.4. The van der Waals surface area contributed by atoms with Gasteiger partial charge in [0, 0.05) is 42.3 Å². The molecule has 0 atom stereocenters. The minimum Gasteiger partial charge on any atom is -0.489 e. The number of rotatable bonds is 8. The highest BCUT2D eigenvalue weighted by molar-refractivity contribution is 6.42. The van der Waals surface area contributed by atoms with Crippen LogP contribution in [0.15, 0.2) is 54.9 Å². The van der Waals surface area contributed by atoms with Gasteiger partial charge in [-0.15, -0.1) is 0 Å². The smallest absolute Gasteiger partial charge is 0.255 e. The zero-order valence-electron chi connectivity index (χ0n) is 20.4. The van der Waals surface area contributed by atoms with Crippen LogP contribution in [0, 0.1) is 5.82 Å². The zero-order chi connectivity index (χ0) is 25.7. The second-order valence-electron chi connectivity index (χ2n) is 9.52. The molecule has 2 aromatic carbocycles. The van der Waals surface area contributed by atoms with Crippen LogP contribution in [0.4, 0.5) is 4.39 Å². The summed E-state index contributed by atoms with van der Waals surface area (Å²) in [5.41, 5.74) is 3.08. The number of pyridine rings is 1. The average Bonchev–Trinajstić information content (AvgIpc) is 3.59. The highest BCUT2D eigenvalue weighted by Crippen LogP contribution is 2.37. The first-order chi connectivity index (χ1) is 17.8. The second kappa shape index (κ2) is 9.03. The van der Waals surface area contributed by atoms with Crippen molar-refractivity contribution in [1.82, 2.24) is 19.7 Å². The van der Waals surface area contributed by atoms with Gasteiger partial charge in [-0.05, 0) is 54.3 Å². The summed E-state index contributed by atoms with van der Waals surface area (Å²) in [5.74, 6) is -0.204. The van der Waals surface area contributed by atoms with Crippen LogP contribution in [-0.4, -0.2) is 60.6 Å². The zero-order valence-corrected chi connectivity index (χ0v) is 20.4. The van der Waals surface area contributed by atoms with Gasteiger partial charge in [-0.25, -0.2) is 4.39 Å². The highest BCUT2D eigenvalue weighted by atomic mass is 19.1. The fraction of sp³-hybridized carbons (Fsp3) is 0.296. The molecule has 182 valence electrons. The molecule has 0 bridgehead atoms. The van der Waals surface area contributed by atoms with E-state index < -0.39 is 11.2 Å². The van der Waals surface area contributed by atoms with Gasteiger partial charge < -0.3 is 14.4 Å². The van der Waals surface area contributed by atoms with E-state index in [1.807, 2.05) is 31.4 Å². The van der Waals surface area contributed by atoms with E-state index in [1.54, 1.807) is 22.9 Å². The molecule has 37 heavy (non-hydrogen) atoms. The molecule has 1 fully saturated rings. The lowest BCUT2D eigenvalue weighted by Crippen LogP contribution is -2.44. The van der Waals surface area contributed by atoms with Gasteiger partial charge in [0.1, 0.15) is 23.7 Å². The van der Waals surface area contributed by atoms with Crippen molar-refractivity contribution in [2.75, 3.05) is 13.2 Å². The summed E-state index contributed by atoms with van der Waals surface area (Å²) < 4.78 is 28.7. The fourth-order valence-electron chi connectivity index (χ4n) is 4.72. The molecule has 1 aliphatic heterocycles. The molecule has 4 aromatic rings. The number of benzene rings is 2. The normalized spacial score (nSPS) is 16.4. The van der Waals surface area contributed by atoms with E-state index in [0.29, 0.717) is 47.3 Å². The van der Waals surface area contributed by atoms with Crippen molar-refractivity contribution in [3.63, 3.8) is 0 Å². The summed E-state index contributed by atoms with van der Waals surface area (Å²) in [6.45, 7) is 0.872. The lowest BCUT2D eigenvalue weighted by molar-refractivity contribution is 0.0729. The van der Waals surface area contributed by atoms with E-state index in [4.69, 9.17) is 25.2 Å². The number of ether oxygens (including phenoxy) is 2.